The third-order valence-corrected chi connectivity index (χ3v) is 5.03. The first-order valence-corrected chi connectivity index (χ1v) is 10.6. The van der Waals surface area contributed by atoms with Crippen LogP contribution in [0.2, 0.25) is 0 Å². The van der Waals surface area contributed by atoms with Crippen molar-refractivity contribution in [1.82, 2.24) is 14.8 Å². The van der Waals surface area contributed by atoms with Gasteiger partial charge in [-0.25, -0.2) is 4.39 Å². The largest absolute Gasteiger partial charge is 0.494 e. The molecule has 0 atom stereocenters. The number of carbonyl (C=O) groups is 1. The van der Waals surface area contributed by atoms with E-state index in [2.05, 4.69) is 22.1 Å². The van der Waals surface area contributed by atoms with Gasteiger partial charge in [0, 0.05) is 12.2 Å². The summed E-state index contributed by atoms with van der Waals surface area (Å²) in [6.45, 7) is 6.89. The lowest BCUT2D eigenvalue weighted by Gasteiger charge is -2.09. The molecule has 0 radical (unpaired) electrons. The third-order valence-electron chi connectivity index (χ3n) is 4.07. The van der Waals surface area contributed by atoms with E-state index in [1.165, 1.54) is 23.9 Å². The van der Waals surface area contributed by atoms with Gasteiger partial charge in [-0.05, 0) is 55.5 Å². The molecule has 1 aromatic heterocycles. The third kappa shape index (κ3) is 6.58. The number of rotatable bonds is 11. The van der Waals surface area contributed by atoms with Gasteiger partial charge in [0.15, 0.2) is 11.0 Å². The van der Waals surface area contributed by atoms with E-state index >= 15 is 0 Å². The first kappa shape index (κ1) is 22.4. The normalized spacial score (nSPS) is 10.5. The molecular weight excluding hydrogens is 419 g/mol. The Labute approximate surface area is 184 Å². The maximum atomic E-state index is 13.0. The number of anilines is 1. The van der Waals surface area contributed by atoms with E-state index in [0.29, 0.717) is 35.6 Å². The monoisotopic (exact) mass is 442 g/mol. The fourth-order valence-electron chi connectivity index (χ4n) is 2.65. The summed E-state index contributed by atoms with van der Waals surface area (Å²) in [4.78, 5) is 12.3. The maximum absolute atomic E-state index is 13.0. The lowest BCUT2D eigenvalue weighted by molar-refractivity contribution is -0.113. The lowest BCUT2D eigenvalue weighted by Crippen LogP contribution is -2.15. The van der Waals surface area contributed by atoms with E-state index in [-0.39, 0.29) is 24.1 Å². The number of halogens is 1. The molecule has 2 aromatic carbocycles. The predicted octanol–water partition coefficient (Wildman–Crippen LogP) is 4.31. The van der Waals surface area contributed by atoms with Crippen molar-refractivity contribution in [1.29, 1.82) is 0 Å². The Hall–Kier alpha value is -3.33. The fourth-order valence-corrected chi connectivity index (χ4v) is 3.42. The summed E-state index contributed by atoms with van der Waals surface area (Å²) < 4.78 is 25.9. The van der Waals surface area contributed by atoms with E-state index in [4.69, 9.17) is 9.47 Å². The van der Waals surface area contributed by atoms with Crippen LogP contribution >= 0.6 is 11.8 Å². The summed E-state index contributed by atoms with van der Waals surface area (Å²) in [5.41, 5.74) is 0.690. The van der Waals surface area contributed by atoms with Crippen LogP contribution in [-0.4, -0.2) is 33.0 Å². The number of hydrogen-bond acceptors (Lipinski definition) is 6. The van der Waals surface area contributed by atoms with Gasteiger partial charge in [-0.3, -0.25) is 9.36 Å². The highest BCUT2D eigenvalue weighted by Crippen LogP contribution is 2.20. The van der Waals surface area contributed by atoms with Gasteiger partial charge in [0.2, 0.25) is 5.91 Å². The summed E-state index contributed by atoms with van der Waals surface area (Å²) in [6, 6.07) is 12.9. The smallest absolute Gasteiger partial charge is 0.234 e. The highest BCUT2D eigenvalue weighted by Gasteiger charge is 2.14. The molecule has 1 N–H and O–H groups in total. The molecule has 162 valence electrons. The Morgan fingerprint density at radius 2 is 1.81 bits per heavy atom. The predicted molar refractivity (Wildman–Crippen MR) is 118 cm³/mol. The van der Waals surface area contributed by atoms with Crippen LogP contribution < -0.4 is 14.8 Å². The van der Waals surface area contributed by atoms with Crippen LogP contribution in [0.5, 0.6) is 11.5 Å². The van der Waals surface area contributed by atoms with Crippen molar-refractivity contribution in [3.8, 4) is 11.5 Å². The van der Waals surface area contributed by atoms with E-state index in [0.717, 1.165) is 5.75 Å². The standard InChI is InChI=1S/C22H23FN4O3S/c1-3-13-27-20(14-30-19-9-5-16(23)6-10-19)25-26-22(27)31-15-21(28)24-17-7-11-18(12-8-17)29-4-2/h3,5-12H,1,4,13-15H2,2H3,(H,24,28). The molecule has 9 heteroatoms. The zero-order valence-corrected chi connectivity index (χ0v) is 17.9. The molecule has 0 fully saturated rings. The highest BCUT2D eigenvalue weighted by atomic mass is 32.2. The minimum atomic E-state index is -0.329. The molecule has 1 amide bonds. The molecule has 0 bridgehead atoms. The number of nitrogens with one attached hydrogen (secondary N) is 1. The summed E-state index contributed by atoms with van der Waals surface area (Å²) in [5, 5.41) is 11.7. The van der Waals surface area contributed by atoms with Crippen molar-refractivity contribution in [3.63, 3.8) is 0 Å². The summed E-state index contributed by atoms with van der Waals surface area (Å²) in [7, 11) is 0. The average Bonchev–Trinajstić information content (AvgIpc) is 3.15. The minimum absolute atomic E-state index is 0.158. The molecule has 1 heterocycles. The summed E-state index contributed by atoms with van der Waals surface area (Å²) in [5.74, 6) is 1.54. The second-order valence-corrected chi connectivity index (χ2v) is 7.28. The average molecular weight is 443 g/mol. The quantitative estimate of drug-likeness (QED) is 0.352. The molecule has 7 nitrogen and oxygen atoms in total. The molecule has 31 heavy (non-hydrogen) atoms. The van der Waals surface area contributed by atoms with Crippen LogP contribution in [0.1, 0.15) is 12.7 Å². The lowest BCUT2D eigenvalue weighted by atomic mass is 10.3. The van der Waals surface area contributed by atoms with Gasteiger partial charge in [0.25, 0.3) is 0 Å². The first-order chi connectivity index (χ1) is 15.1. The Balaban J connectivity index is 1.57. The van der Waals surface area contributed by atoms with Gasteiger partial charge in [0.05, 0.1) is 12.4 Å². The Morgan fingerprint density at radius 3 is 2.48 bits per heavy atom. The number of nitrogens with zero attached hydrogens (tertiary/aromatic N) is 3. The molecule has 0 saturated carbocycles. The molecule has 0 spiro atoms. The number of carbonyl (C=O) groups excluding carboxylic acids is 1. The second-order valence-electron chi connectivity index (χ2n) is 6.33. The number of ether oxygens (including phenoxy) is 2. The molecule has 0 unspecified atom stereocenters. The molecule has 0 aliphatic rings. The zero-order chi connectivity index (χ0) is 22.1. The number of benzene rings is 2. The minimum Gasteiger partial charge on any atom is -0.494 e. The van der Waals surface area contributed by atoms with Crippen LogP contribution in [0.3, 0.4) is 0 Å². The topological polar surface area (TPSA) is 78.3 Å². The van der Waals surface area contributed by atoms with Crippen molar-refractivity contribution < 1.29 is 18.7 Å². The molecule has 3 aromatic rings. The highest BCUT2D eigenvalue weighted by molar-refractivity contribution is 7.99. The van der Waals surface area contributed by atoms with Gasteiger partial charge >= 0.3 is 0 Å². The number of aromatic nitrogens is 3. The van der Waals surface area contributed by atoms with Gasteiger partial charge in [0.1, 0.15) is 23.9 Å². The van der Waals surface area contributed by atoms with E-state index in [1.54, 1.807) is 42.5 Å². The molecule has 3 rings (SSSR count). The van der Waals surface area contributed by atoms with Crippen LogP contribution in [0.15, 0.2) is 66.3 Å². The van der Waals surface area contributed by atoms with Crippen molar-refractivity contribution in [3.05, 3.63) is 72.8 Å². The number of hydrogen-bond donors (Lipinski definition) is 1. The van der Waals surface area contributed by atoms with Crippen molar-refractivity contribution in [2.45, 2.75) is 25.2 Å². The fraction of sp³-hybridized carbons (Fsp3) is 0.227. The second kappa shape index (κ2) is 11.2. The SMILES string of the molecule is C=CCn1c(COc2ccc(F)cc2)nnc1SCC(=O)Nc1ccc(OCC)cc1. The molecular formula is C22H23FN4O3S. The molecule has 0 saturated heterocycles. The van der Waals surface area contributed by atoms with Gasteiger partial charge < -0.3 is 14.8 Å². The zero-order valence-electron chi connectivity index (χ0n) is 17.1. The molecule has 0 aliphatic heterocycles. The Bertz CT molecular complexity index is 1010. The van der Waals surface area contributed by atoms with Crippen LogP contribution in [0.25, 0.3) is 0 Å². The number of allylic oxidation sites excluding steroid dienone is 1. The van der Waals surface area contributed by atoms with E-state index in [9.17, 15) is 9.18 Å². The summed E-state index contributed by atoms with van der Waals surface area (Å²) in [6.07, 6.45) is 1.72. The van der Waals surface area contributed by atoms with E-state index < -0.39 is 0 Å². The van der Waals surface area contributed by atoms with Crippen LogP contribution in [-0.2, 0) is 17.9 Å². The van der Waals surface area contributed by atoms with Gasteiger partial charge in [-0.2, -0.15) is 0 Å². The summed E-state index contributed by atoms with van der Waals surface area (Å²) >= 11 is 1.27. The number of thioether (sulfide) groups is 1. The maximum Gasteiger partial charge on any atom is 0.234 e. The van der Waals surface area contributed by atoms with Crippen molar-refractivity contribution in [2.75, 3.05) is 17.7 Å². The van der Waals surface area contributed by atoms with Crippen molar-refractivity contribution >= 4 is 23.4 Å². The Kier molecular flexibility index (Phi) is 8.05. The van der Waals surface area contributed by atoms with Crippen LogP contribution in [0, 0.1) is 5.82 Å². The van der Waals surface area contributed by atoms with Gasteiger partial charge in [-0.1, -0.05) is 17.8 Å². The van der Waals surface area contributed by atoms with Gasteiger partial charge in [-0.15, -0.1) is 16.8 Å². The molecule has 0 aliphatic carbocycles. The first-order valence-electron chi connectivity index (χ1n) is 9.66. The van der Waals surface area contributed by atoms with E-state index in [1.807, 2.05) is 11.5 Å². The Morgan fingerprint density at radius 1 is 1.13 bits per heavy atom. The van der Waals surface area contributed by atoms with Crippen LogP contribution in [0.4, 0.5) is 10.1 Å². The van der Waals surface area contributed by atoms with Crippen molar-refractivity contribution in [2.24, 2.45) is 0 Å². The number of amides is 1.